The van der Waals surface area contributed by atoms with Crippen LogP contribution in [0, 0.1) is 12.7 Å². The molecule has 2 aromatic carbocycles. The summed E-state index contributed by atoms with van der Waals surface area (Å²) in [6.07, 6.45) is 0. The number of amides is 1. The largest absolute Gasteiger partial charge is 0.346 e. The molecule has 0 heterocycles. The van der Waals surface area contributed by atoms with E-state index in [0.29, 0.717) is 11.1 Å². The van der Waals surface area contributed by atoms with Gasteiger partial charge in [0.15, 0.2) is 0 Å². The third-order valence-corrected chi connectivity index (χ3v) is 3.68. The van der Waals surface area contributed by atoms with Gasteiger partial charge in [-0.25, -0.2) is 4.39 Å². The first-order valence-electron chi connectivity index (χ1n) is 6.30. The van der Waals surface area contributed by atoms with Crippen molar-refractivity contribution in [2.75, 3.05) is 0 Å². The van der Waals surface area contributed by atoms with Crippen LogP contribution < -0.4 is 5.32 Å². The van der Waals surface area contributed by atoms with Crippen LogP contribution in [0.25, 0.3) is 0 Å². The van der Waals surface area contributed by atoms with Crippen LogP contribution in [0.4, 0.5) is 4.39 Å². The Labute approximate surface area is 126 Å². The number of halogens is 2. The first-order chi connectivity index (χ1) is 9.47. The molecule has 1 unspecified atom stereocenters. The minimum Gasteiger partial charge on any atom is -0.346 e. The average Bonchev–Trinajstić information content (AvgIpc) is 2.39. The van der Waals surface area contributed by atoms with Crippen molar-refractivity contribution in [3.05, 3.63) is 69.4 Å². The molecule has 0 aromatic heterocycles. The van der Waals surface area contributed by atoms with Crippen LogP contribution in [0.2, 0.25) is 0 Å². The lowest BCUT2D eigenvalue weighted by atomic mass is 10.1. The molecule has 1 amide bonds. The predicted octanol–water partition coefficient (Wildman–Crippen LogP) is 4.39. The summed E-state index contributed by atoms with van der Waals surface area (Å²) in [7, 11) is 0. The Morgan fingerprint density at radius 2 is 1.85 bits per heavy atom. The highest BCUT2D eigenvalue weighted by molar-refractivity contribution is 9.10. The van der Waals surface area contributed by atoms with Gasteiger partial charge in [-0.05, 0) is 55.3 Å². The molecule has 0 bridgehead atoms. The second-order valence-electron chi connectivity index (χ2n) is 4.71. The van der Waals surface area contributed by atoms with E-state index in [0.717, 1.165) is 10.0 Å². The van der Waals surface area contributed by atoms with Crippen LogP contribution in [0.3, 0.4) is 0 Å². The summed E-state index contributed by atoms with van der Waals surface area (Å²) >= 11 is 3.38. The maximum atomic E-state index is 13.0. The highest BCUT2D eigenvalue weighted by atomic mass is 79.9. The SMILES string of the molecule is Cc1cc(F)ccc1C(=O)NC(C)c1ccc(Br)cc1. The minimum absolute atomic E-state index is 0.111. The molecule has 2 aromatic rings. The van der Waals surface area contributed by atoms with Gasteiger partial charge in [-0.15, -0.1) is 0 Å². The zero-order valence-electron chi connectivity index (χ0n) is 11.3. The minimum atomic E-state index is -0.333. The highest BCUT2D eigenvalue weighted by Gasteiger charge is 2.13. The summed E-state index contributed by atoms with van der Waals surface area (Å²) < 4.78 is 14.0. The zero-order chi connectivity index (χ0) is 14.7. The molecule has 1 atom stereocenters. The van der Waals surface area contributed by atoms with Gasteiger partial charge in [0, 0.05) is 10.0 Å². The van der Waals surface area contributed by atoms with Gasteiger partial charge in [-0.3, -0.25) is 4.79 Å². The molecule has 0 spiro atoms. The van der Waals surface area contributed by atoms with Gasteiger partial charge in [0.1, 0.15) is 5.82 Å². The Balaban J connectivity index is 2.13. The number of benzene rings is 2. The van der Waals surface area contributed by atoms with Gasteiger partial charge in [0.2, 0.25) is 0 Å². The number of hydrogen-bond donors (Lipinski definition) is 1. The van der Waals surface area contributed by atoms with Gasteiger partial charge in [0.05, 0.1) is 6.04 Å². The molecule has 2 nitrogen and oxygen atoms in total. The first-order valence-corrected chi connectivity index (χ1v) is 7.09. The Morgan fingerprint density at radius 1 is 1.20 bits per heavy atom. The van der Waals surface area contributed by atoms with Crippen LogP contribution in [-0.2, 0) is 0 Å². The van der Waals surface area contributed by atoms with E-state index in [1.807, 2.05) is 31.2 Å². The molecule has 0 radical (unpaired) electrons. The van der Waals surface area contributed by atoms with Crippen LogP contribution in [0.1, 0.15) is 34.5 Å². The van der Waals surface area contributed by atoms with E-state index in [9.17, 15) is 9.18 Å². The van der Waals surface area contributed by atoms with Crippen molar-refractivity contribution in [3.8, 4) is 0 Å². The third kappa shape index (κ3) is 3.45. The van der Waals surface area contributed by atoms with Crippen molar-refractivity contribution in [2.24, 2.45) is 0 Å². The summed E-state index contributed by atoms with van der Waals surface area (Å²) in [4.78, 5) is 12.2. The molecule has 0 aliphatic rings. The Bertz CT molecular complexity index is 625. The number of hydrogen-bond acceptors (Lipinski definition) is 1. The van der Waals surface area contributed by atoms with Gasteiger partial charge in [-0.1, -0.05) is 28.1 Å². The van der Waals surface area contributed by atoms with Crippen LogP contribution in [0.15, 0.2) is 46.9 Å². The van der Waals surface area contributed by atoms with E-state index in [1.165, 1.54) is 18.2 Å². The maximum absolute atomic E-state index is 13.0. The fraction of sp³-hybridized carbons (Fsp3) is 0.188. The number of carbonyl (C=O) groups is 1. The quantitative estimate of drug-likeness (QED) is 0.885. The molecule has 1 N–H and O–H groups in total. The Kier molecular flexibility index (Phi) is 4.55. The summed E-state index contributed by atoms with van der Waals surface area (Å²) in [6, 6.07) is 11.8. The van der Waals surface area contributed by atoms with Crippen molar-refractivity contribution < 1.29 is 9.18 Å². The molecule has 0 saturated carbocycles. The van der Waals surface area contributed by atoms with E-state index in [2.05, 4.69) is 21.2 Å². The smallest absolute Gasteiger partial charge is 0.252 e. The predicted molar refractivity (Wildman–Crippen MR) is 81.2 cm³/mol. The molecular formula is C16H15BrFNO. The van der Waals surface area contributed by atoms with Gasteiger partial charge in [-0.2, -0.15) is 0 Å². The van der Waals surface area contributed by atoms with E-state index in [1.54, 1.807) is 6.92 Å². The number of carbonyl (C=O) groups excluding carboxylic acids is 1. The zero-order valence-corrected chi connectivity index (χ0v) is 12.9. The van der Waals surface area contributed by atoms with E-state index in [-0.39, 0.29) is 17.8 Å². The fourth-order valence-electron chi connectivity index (χ4n) is 1.99. The molecule has 4 heteroatoms. The monoisotopic (exact) mass is 335 g/mol. The fourth-order valence-corrected chi connectivity index (χ4v) is 2.26. The Morgan fingerprint density at radius 3 is 2.45 bits per heavy atom. The van der Waals surface area contributed by atoms with Crippen LogP contribution >= 0.6 is 15.9 Å². The van der Waals surface area contributed by atoms with Crippen LogP contribution in [-0.4, -0.2) is 5.91 Å². The van der Waals surface area contributed by atoms with Crippen molar-refractivity contribution >= 4 is 21.8 Å². The molecule has 0 fully saturated rings. The average molecular weight is 336 g/mol. The summed E-state index contributed by atoms with van der Waals surface area (Å²) in [6.45, 7) is 3.64. The van der Waals surface area contributed by atoms with Crippen LogP contribution in [0.5, 0.6) is 0 Å². The lowest BCUT2D eigenvalue weighted by Crippen LogP contribution is -2.27. The highest BCUT2D eigenvalue weighted by Crippen LogP contribution is 2.18. The van der Waals surface area contributed by atoms with Gasteiger partial charge in [0.25, 0.3) is 5.91 Å². The second-order valence-corrected chi connectivity index (χ2v) is 5.62. The van der Waals surface area contributed by atoms with E-state index < -0.39 is 0 Å². The summed E-state index contributed by atoms with van der Waals surface area (Å²) in [5.74, 6) is -0.530. The van der Waals surface area contributed by atoms with Gasteiger partial charge < -0.3 is 5.32 Å². The second kappa shape index (κ2) is 6.18. The maximum Gasteiger partial charge on any atom is 0.252 e. The molecule has 0 saturated heterocycles. The van der Waals surface area contributed by atoms with Crippen molar-refractivity contribution in [2.45, 2.75) is 19.9 Å². The third-order valence-electron chi connectivity index (χ3n) is 3.15. The lowest BCUT2D eigenvalue weighted by Gasteiger charge is -2.15. The summed E-state index contributed by atoms with van der Waals surface area (Å²) in [5, 5.41) is 2.92. The normalized spacial score (nSPS) is 12.0. The molecule has 20 heavy (non-hydrogen) atoms. The molecule has 2 rings (SSSR count). The van der Waals surface area contributed by atoms with Gasteiger partial charge >= 0.3 is 0 Å². The molecule has 0 aliphatic heterocycles. The van der Waals surface area contributed by atoms with E-state index in [4.69, 9.17) is 0 Å². The van der Waals surface area contributed by atoms with Crippen molar-refractivity contribution in [1.29, 1.82) is 0 Å². The number of aryl methyl sites for hydroxylation is 1. The molecule has 104 valence electrons. The van der Waals surface area contributed by atoms with Crippen molar-refractivity contribution in [3.63, 3.8) is 0 Å². The lowest BCUT2D eigenvalue weighted by molar-refractivity contribution is 0.0939. The number of nitrogens with one attached hydrogen (secondary N) is 1. The Hall–Kier alpha value is -1.68. The number of rotatable bonds is 3. The topological polar surface area (TPSA) is 29.1 Å². The summed E-state index contributed by atoms with van der Waals surface area (Å²) in [5.41, 5.74) is 2.14. The first kappa shape index (κ1) is 14.7. The molecule has 0 aliphatic carbocycles. The van der Waals surface area contributed by atoms with Crippen molar-refractivity contribution in [1.82, 2.24) is 5.32 Å². The van der Waals surface area contributed by atoms with E-state index >= 15 is 0 Å². The molecular weight excluding hydrogens is 321 g/mol. The standard InChI is InChI=1S/C16H15BrFNO/c1-10-9-14(18)7-8-15(10)16(20)19-11(2)12-3-5-13(17)6-4-12/h3-9,11H,1-2H3,(H,19,20).